The Morgan fingerprint density at radius 2 is 1.78 bits per heavy atom. The van der Waals surface area contributed by atoms with E-state index in [1.54, 1.807) is 31.5 Å². The van der Waals surface area contributed by atoms with Crippen molar-refractivity contribution in [2.45, 2.75) is 19.4 Å². The third-order valence-electron chi connectivity index (χ3n) is 4.88. The van der Waals surface area contributed by atoms with Crippen LogP contribution >= 0.6 is 0 Å². The van der Waals surface area contributed by atoms with Gasteiger partial charge in [0.15, 0.2) is 11.5 Å². The molecule has 1 aromatic heterocycles. The van der Waals surface area contributed by atoms with Crippen LogP contribution in [0.25, 0.3) is 10.8 Å². The van der Waals surface area contributed by atoms with Gasteiger partial charge in [0, 0.05) is 24.2 Å². The minimum absolute atomic E-state index is 0.140. The van der Waals surface area contributed by atoms with Gasteiger partial charge in [-0.15, -0.1) is 0 Å². The zero-order valence-corrected chi connectivity index (χ0v) is 14.8. The second-order valence-electron chi connectivity index (χ2n) is 6.40. The van der Waals surface area contributed by atoms with Crippen molar-refractivity contribution >= 4 is 28.2 Å². The lowest BCUT2D eigenvalue weighted by molar-refractivity contribution is -0.118. The van der Waals surface area contributed by atoms with Crippen molar-refractivity contribution in [3.63, 3.8) is 0 Å². The van der Waals surface area contributed by atoms with Gasteiger partial charge >= 0.3 is 0 Å². The lowest BCUT2D eigenvalue weighted by Crippen LogP contribution is -2.31. The second-order valence-corrected chi connectivity index (χ2v) is 6.40. The Balaban J connectivity index is 1.96. The van der Waals surface area contributed by atoms with Gasteiger partial charge in [-0.3, -0.25) is 19.5 Å². The Morgan fingerprint density at radius 1 is 1.07 bits per heavy atom. The molecule has 1 atom stereocenters. The van der Waals surface area contributed by atoms with E-state index in [0.29, 0.717) is 5.69 Å². The van der Waals surface area contributed by atoms with E-state index in [0.717, 1.165) is 16.3 Å². The molecule has 5 heteroatoms. The fraction of sp³-hybridized carbons (Fsp3) is 0.136. The molecule has 0 spiro atoms. The molecular weight excluding hydrogens is 340 g/mol. The molecule has 1 aliphatic rings. The van der Waals surface area contributed by atoms with Crippen LogP contribution in [0.15, 0.2) is 78.3 Å². The van der Waals surface area contributed by atoms with Crippen LogP contribution in [-0.2, 0) is 9.59 Å². The average Bonchev–Trinajstić information content (AvgIpc) is 2.98. The molecule has 0 fully saturated rings. The SMILES string of the molecule is CCC(=O)C1=C(O)C(=O)N(c2cccc3ccccc23)C1c1ccncc1. The number of aliphatic hydroxyl groups excluding tert-OH is 1. The van der Waals surface area contributed by atoms with Crippen molar-refractivity contribution in [1.82, 2.24) is 4.98 Å². The number of carbonyl (C=O) groups excluding carboxylic acids is 2. The molecule has 0 saturated carbocycles. The Labute approximate surface area is 156 Å². The molecule has 4 rings (SSSR count). The molecule has 0 radical (unpaired) electrons. The van der Waals surface area contributed by atoms with Gasteiger partial charge in [-0.25, -0.2) is 0 Å². The number of aliphatic hydroxyl groups is 1. The maximum absolute atomic E-state index is 13.0. The van der Waals surface area contributed by atoms with Gasteiger partial charge in [0.05, 0.1) is 17.3 Å². The molecule has 2 aromatic carbocycles. The fourth-order valence-corrected chi connectivity index (χ4v) is 3.61. The summed E-state index contributed by atoms with van der Waals surface area (Å²) in [4.78, 5) is 31.1. The molecule has 1 unspecified atom stereocenters. The fourth-order valence-electron chi connectivity index (χ4n) is 3.61. The van der Waals surface area contributed by atoms with E-state index in [-0.39, 0.29) is 17.8 Å². The van der Waals surface area contributed by atoms with Crippen LogP contribution in [0.5, 0.6) is 0 Å². The quantitative estimate of drug-likeness (QED) is 0.762. The number of fused-ring (bicyclic) bond motifs is 1. The zero-order chi connectivity index (χ0) is 19.0. The van der Waals surface area contributed by atoms with Gasteiger partial charge in [-0.05, 0) is 29.1 Å². The van der Waals surface area contributed by atoms with Gasteiger partial charge in [-0.1, -0.05) is 43.3 Å². The number of hydrogen-bond acceptors (Lipinski definition) is 4. The number of hydrogen-bond donors (Lipinski definition) is 1. The van der Waals surface area contributed by atoms with E-state index in [1.807, 2.05) is 42.5 Å². The Morgan fingerprint density at radius 3 is 2.52 bits per heavy atom. The van der Waals surface area contributed by atoms with Crippen molar-refractivity contribution in [2.24, 2.45) is 0 Å². The van der Waals surface area contributed by atoms with Gasteiger partial charge in [0.1, 0.15) is 0 Å². The van der Waals surface area contributed by atoms with Crippen LogP contribution in [0.3, 0.4) is 0 Å². The number of ketones is 1. The number of rotatable bonds is 4. The van der Waals surface area contributed by atoms with E-state index < -0.39 is 17.7 Å². The summed E-state index contributed by atoms with van der Waals surface area (Å²) in [6.07, 6.45) is 3.44. The summed E-state index contributed by atoms with van der Waals surface area (Å²) in [5, 5.41) is 12.4. The zero-order valence-electron chi connectivity index (χ0n) is 14.8. The number of anilines is 1. The highest BCUT2D eigenvalue weighted by atomic mass is 16.3. The number of nitrogens with zero attached hydrogens (tertiary/aromatic N) is 2. The average molecular weight is 358 g/mol. The van der Waals surface area contributed by atoms with Crippen LogP contribution < -0.4 is 4.90 Å². The predicted molar refractivity (Wildman–Crippen MR) is 103 cm³/mol. The number of aromatic nitrogens is 1. The summed E-state index contributed by atoms with van der Waals surface area (Å²) < 4.78 is 0. The van der Waals surface area contributed by atoms with E-state index in [2.05, 4.69) is 4.98 Å². The van der Waals surface area contributed by atoms with E-state index in [1.165, 1.54) is 4.90 Å². The molecular formula is C22H18N2O3. The summed E-state index contributed by atoms with van der Waals surface area (Å²) in [7, 11) is 0. The topological polar surface area (TPSA) is 70.5 Å². The standard InChI is InChI=1S/C22H18N2O3/c1-2-18(25)19-20(15-10-12-23-13-11-15)24(22(27)21(19)26)17-9-5-7-14-6-3-4-8-16(14)17/h3-13,20,26H,2H2,1H3. The largest absolute Gasteiger partial charge is 0.503 e. The third kappa shape index (κ3) is 2.68. The normalized spacial score (nSPS) is 17.0. The van der Waals surface area contributed by atoms with Crippen LogP contribution in [0.2, 0.25) is 0 Å². The van der Waals surface area contributed by atoms with Gasteiger partial charge < -0.3 is 5.11 Å². The second kappa shape index (κ2) is 6.68. The first-order chi connectivity index (χ1) is 13.1. The maximum atomic E-state index is 13.0. The maximum Gasteiger partial charge on any atom is 0.294 e. The minimum Gasteiger partial charge on any atom is -0.503 e. The third-order valence-corrected chi connectivity index (χ3v) is 4.88. The van der Waals surface area contributed by atoms with Crippen LogP contribution in [0.4, 0.5) is 5.69 Å². The summed E-state index contributed by atoms with van der Waals surface area (Å²) in [5.74, 6) is -1.29. The van der Waals surface area contributed by atoms with Crippen LogP contribution in [-0.4, -0.2) is 21.8 Å². The monoisotopic (exact) mass is 358 g/mol. The predicted octanol–water partition coefficient (Wildman–Crippen LogP) is 4.11. The van der Waals surface area contributed by atoms with Gasteiger partial charge in [0.2, 0.25) is 0 Å². The molecule has 3 aromatic rings. The Kier molecular flexibility index (Phi) is 4.20. The lowest BCUT2D eigenvalue weighted by Gasteiger charge is -2.28. The highest BCUT2D eigenvalue weighted by Crippen LogP contribution is 2.43. The molecule has 134 valence electrons. The number of Topliss-reactive ketones (excluding diaryl/α,β-unsaturated/α-hetero) is 1. The number of amides is 1. The molecule has 2 heterocycles. The van der Waals surface area contributed by atoms with E-state index in [4.69, 9.17) is 0 Å². The minimum atomic E-state index is -0.682. The van der Waals surface area contributed by atoms with Crippen LogP contribution in [0, 0.1) is 0 Å². The Bertz CT molecular complexity index is 1070. The Hall–Kier alpha value is -3.47. The summed E-state index contributed by atoms with van der Waals surface area (Å²) in [6, 6.07) is 16.2. The molecule has 0 bridgehead atoms. The van der Waals surface area contributed by atoms with E-state index in [9.17, 15) is 14.7 Å². The smallest absolute Gasteiger partial charge is 0.294 e. The molecule has 5 nitrogen and oxygen atoms in total. The summed E-state index contributed by atoms with van der Waals surface area (Å²) in [6.45, 7) is 1.72. The van der Waals surface area contributed by atoms with Gasteiger partial charge in [-0.2, -0.15) is 0 Å². The highest BCUT2D eigenvalue weighted by Gasteiger charge is 2.44. The summed E-state index contributed by atoms with van der Waals surface area (Å²) in [5.41, 5.74) is 1.53. The lowest BCUT2D eigenvalue weighted by atomic mass is 9.95. The molecule has 27 heavy (non-hydrogen) atoms. The number of pyridine rings is 1. The molecule has 0 saturated heterocycles. The first-order valence-corrected chi connectivity index (χ1v) is 8.81. The number of carbonyl (C=O) groups is 2. The molecule has 1 aliphatic heterocycles. The van der Waals surface area contributed by atoms with Crippen molar-refractivity contribution < 1.29 is 14.7 Å². The first kappa shape index (κ1) is 17.0. The highest BCUT2D eigenvalue weighted by molar-refractivity contribution is 6.18. The van der Waals surface area contributed by atoms with E-state index >= 15 is 0 Å². The first-order valence-electron chi connectivity index (χ1n) is 8.81. The van der Waals surface area contributed by atoms with Crippen molar-refractivity contribution in [1.29, 1.82) is 0 Å². The molecule has 1 N–H and O–H groups in total. The van der Waals surface area contributed by atoms with Crippen molar-refractivity contribution in [3.05, 3.63) is 83.9 Å². The molecule has 0 aliphatic carbocycles. The number of benzene rings is 2. The van der Waals surface area contributed by atoms with Crippen LogP contribution in [0.1, 0.15) is 24.9 Å². The van der Waals surface area contributed by atoms with Gasteiger partial charge in [0.25, 0.3) is 5.91 Å². The molecule has 1 amide bonds. The van der Waals surface area contributed by atoms with Crippen molar-refractivity contribution in [3.8, 4) is 0 Å². The van der Waals surface area contributed by atoms with Crippen molar-refractivity contribution in [2.75, 3.05) is 4.90 Å². The summed E-state index contributed by atoms with van der Waals surface area (Å²) >= 11 is 0.